The summed E-state index contributed by atoms with van der Waals surface area (Å²) in [7, 11) is 0. The number of hydrogen-bond acceptors (Lipinski definition) is 1. The van der Waals surface area contributed by atoms with Crippen molar-refractivity contribution in [3.8, 4) is 0 Å². The lowest BCUT2D eigenvalue weighted by Crippen LogP contribution is -3.28. The number of benzene rings is 1. The summed E-state index contributed by atoms with van der Waals surface area (Å²) in [6.45, 7) is 9.34. The van der Waals surface area contributed by atoms with Gasteiger partial charge in [-0.3, -0.25) is 4.79 Å². The summed E-state index contributed by atoms with van der Waals surface area (Å²) >= 11 is 0. The van der Waals surface area contributed by atoms with Crippen molar-refractivity contribution in [2.75, 3.05) is 39.3 Å². The Hall–Kier alpha value is -1.60. The average Bonchev–Trinajstić information content (AvgIpc) is 2.54. The molecule has 1 aliphatic heterocycles. The van der Waals surface area contributed by atoms with E-state index in [0.717, 1.165) is 32.2 Å². The summed E-state index contributed by atoms with van der Waals surface area (Å²) in [5.41, 5.74) is 0.124. The maximum atomic E-state index is 12.8. The molecule has 1 aromatic carbocycles. The van der Waals surface area contributed by atoms with Crippen LogP contribution in [0.2, 0.25) is 0 Å². The molecule has 25 heavy (non-hydrogen) atoms. The van der Waals surface area contributed by atoms with Crippen LogP contribution in [0, 0.1) is 5.92 Å². The zero-order chi connectivity index (χ0) is 18.4. The van der Waals surface area contributed by atoms with Crippen LogP contribution in [0.15, 0.2) is 24.3 Å². The molecule has 0 unspecified atom stereocenters. The lowest BCUT2D eigenvalue weighted by molar-refractivity contribution is -1.02. The van der Waals surface area contributed by atoms with Crippen molar-refractivity contribution < 1.29 is 27.8 Å². The van der Waals surface area contributed by atoms with Gasteiger partial charge in [-0.15, -0.1) is 0 Å². The second-order valence-corrected chi connectivity index (χ2v) is 7.25. The van der Waals surface area contributed by atoms with Gasteiger partial charge < -0.3 is 15.1 Å². The van der Waals surface area contributed by atoms with Crippen molar-refractivity contribution in [2.24, 2.45) is 5.92 Å². The van der Waals surface area contributed by atoms with Crippen molar-refractivity contribution in [3.05, 3.63) is 35.4 Å². The molecule has 1 fully saturated rings. The van der Waals surface area contributed by atoms with E-state index in [-0.39, 0.29) is 5.91 Å². The molecule has 1 aliphatic rings. The third kappa shape index (κ3) is 6.66. The Morgan fingerprint density at radius 1 is 1.16 bits per heavy atom. The van der Waals surface area contributed by atoms with Crippen molar-refractivity contribution in [1.82, 2.24) is 5.32 Å². The molecular weight excluding hydrogens is 331 g/mol. The average molecular weight is 359 g/mol. The van der Waals surface area contributed by atoms with Gasteiger partial charge in [0.25, 0.3) is 5.91 Å². The molecule has 0 bridgehead atoms. The molecule has 1 saturated heterocycles. The molecule has 4 nitrogen and oxygen atoms in total. The number of carbonyl (C=O) groups is 1. The highest BCUT2D eigenvalue weighted by atomic mass is 19.4. The summed E-state index contributed by atoms with van der Waals surface area (Å²) in [6, 6.07) is 5.57. The molecule has 0 aromatic heterocycles. The van der Waals surface area contributed by atoms with Crippen LogP contribution in [-0.4, -0.2) is 45.2 Å². The maximum Gasteiger partial charge on any atom is 0.416 e. The number of hydrogen-bond donors (Lipinski definition) is 3. The first-order valence-corrected chi connectivity index (χ1v) is 8.84. The number of carbonyl (C=O) groups excluding carboxylic acids is 1. The fourth-order valence-electron chi connectivity index (χ4n) is 3.06. The topological polar surface area (TPSA) is 38.0 Å². The van der Waals surface area contributed by atoms with Crippen LogP contribution in [-0.2, 0) is 17.5 Å². The second-order valence-electron chi connectivity index (χ2n) is 7.25. The van der Waals surface area contributed by atoms with Crippen LogP contribution in [0.4, 0.5) is 13.2 Å². The third-order valence-electron chi connectivity index (χ3n) is 4.49. The van der Waals surface area contributed by atoms with Crippen LogP contribution in [0.5, 0.6) is 0 Å². The predicted molar refractivity (Wildman–Crippen MR) is 89.3 cm³/mol. The number of amides is 1. The molecule has 3 N–H and O–H groups in total. The highest BCUT2D eigenvalue weighted by molar-refractivity contribution is 5.76. The van der Waals surface area contributed by atoms with Gasteiger partial charge in [0, 0.05) is 12.1 Å². The molecule has 0 spiro atoms. The second kappa shape index (κ2) is 8.67. The van der Waals surface area contributed by atoms with Crippen molar-refractivity contribution in [1.29, 1.82) is 0 Å². The Morgan fingerprint density at radius 2 is 1.80 bits per heavy atom. The van der Waals surface area contributed by atoms with E-state index in [1.54, 1.807) is 6.07 Å². The molecule has 0 radical (unpaired) electrons. The van der Waals surface area contributed by atoms with E-state index < -0.39 is 11.7 Å². The summed E-state index contributed by atoms with van der Waals surface area (Å²) in [6.07, 6.45) is -4.29. The van der Waals surface area contributed by atoms with Gasteiger partial charge in [0.05, 0.1) is 5.56 Å². The minimum Gasteiger partial charge on any atom is -0.351 e. The molecule has 0 saturated carbocycles. The minimum absolute atomic E-state index is 0.0741. The standard InChI is InChI=1S/C18H26F3N3O/c1-14(2)11-22-17(25)13-24-8-6-23(7-9-24)12-15-4-3-5-16(10-15)18(19,20)21/h3-5,10,14H,6-9,11-13H2,1-2H3,(H,22,25)/p+2. The van der Waals surface area contributed by atoms with Gasteiger partial charge in [-0.1, -0.05) is 26.0 Å². The van der Waals surface area contributed by atoms with Gasteiger partial charge in [0.1, 0.15) is 32.7 Å². The largest absolute Gasteiger partial charge is 0.416 e. The SMILES string of the molecule is CC(C)CNC(=O)C[NH+]1CC[NH+](Cc2cccc(C(F)(F)F)c2)CC1. The number of halogens is 3. The minimum atomic E-state index is -4.29. The Kier molecular flexibility index (Phi) is 6.84. The van der Waals surface area contributed by atoms with Crippen LogP contribution in [0.25, 0.3) is 0 Å². The van der Waals surface area contributed by atoms with E-state index in [2.05, 4.69) is 19.2 Å². The van der Waals surface area contributed by atoms with Crippen molar-refractivity contribution in [2.45, 2.75) is 26.6 Å². The van der Waals surface area contributed by atoms with E-state index in [1.807, 2.05) is 0 Å². The molecule has 1 aromatic rings. The summed E-state index contributed by atoms with van der Waals surface area (Å²) < 4.78 is 38.4. The lowest BCUT2D eigenvalue weighted by atomic mass is 10.1. The van der Waals surface area contributed by atoms with E-state index >= 15 is 0 Å². The Bertz CT molecular complexity index is 567. The van der Waals surface area contributed by atoms with Gasteiger partial charge >= 0.3 is 6.18 Å². The first-order chi connectivity index (χ1) is 11.7. The number of nitrogens with one attached hydrogen (secondary N) is 3. The molecule has 0 atom stereocenters. The first-order valence-electron chi connectivity index (χ1n) is 8.84. The van der Waals surface area contributed by atoms with E-state index in [4.69, 9.17) is 0 Å². The number of quaternary nitrogens is 2. The molecule has 1 heterocycles. The molecule has 7 heteroatoms. The number of rotatable bonds is 6. The van der Waals surface area contributed by atoms with Crippen LogP contribution in [0.1, 0.15) is 25.0 Å². The van der Waals surface area contributed by atoms with Crippen LogP contribution >= 0.6 is 0 Å². The third-order valence-corrected chi connectivity index (χ3v) is 4.49. The summed E-state index contributed by atoms with van der Waals surface area (Å²) in [4.78, 5) is 14.4. The van der Waals surface area contributed by atoms with E-state index in [9.17, 15) is 18.0 Å². The lowest BCUT2D eigenvalue weighted by Gasteiger charge is -2.29. The smallest absolute Gasteiger partial charge is 0.351 e. The van der Waals surface area contributed by atoms with Crippen LogP contribution in [0.3, 0.4) is 0 Å². The van der Waals surface area contributed by atoms with E-state index in [1.165, 1.54) is 21.9 Å². The maximum absolute atomic E-state index is 12.8. The van der Waals surface area contributed by atoms with Crippen molar-refractivity contribution >= 4 is 5.91 Å². The van der Waals surface area contributed by atoms with Gasteiger partial charge in [0.15, 0.2) is 6.54 Å². The summed E-state index contributed by atoms with van der Waals surface area (Å²) in [5, 5.41) is 2.93. The molecule has 0 aliphatic carbocycles. The van der Waals surface area contributed by atoms with Gasteiger partial charge in [-0.2, -0.15) is 13.2 Å². The number of piperazine rings is 1. The fraction of sp³-hybridized carbons (Fsp3) is 0.611. The van der Waals surface area contributed by atoms with Gasteiger partial charge in [-0.25, -0.2) is 0 Å². The predicted octanol–water partition coefficient (Wildman–Crippen LogP) is -0.239. The first kappa shape index (κ1) is 19.7. The highest BCUT2D eigenvalue weighted by Crippen LogP contribution is 2.29. The van der Waals surface area contributed by atoms with Crippen LogP contribution < -0.4 is 15.1 Å². The molecule has 1 amide bonds. The Labute approximate surface area is 147 Å². The van der Waals surface area contributed by atoms with Gasteiger partial charge in [-0.05, 0) is 18.1 Å². The van der Waals surface area contributed by atoms with Gasteiger partial charge in [0.2, 0.25) is 0 Å². The Morgan fingerprint density at radius 3 is 2.40 bits per heavy atom. The van der Waals surface area contributed by atoms with E-state index in [0.29, 0.717) is 31.1 Å². The zero-order valence-electron chi connectivity index (χ0n) is 14.9. The molecule has 2 rings (SSSR count). The summed E-state index contributed by atoms with van der Waals surface area (Å²) in [5.74, 6) is 0.512. The normalized spacial score (nSPS) is 21.4. The molecule has 140 valence electrons. The molecular formula is C18H28F3N3O+2. The monoisotopic (exact) mass is 359 g/mol. The highest BCUT2D eigenvalue weighted by Gasteiger charge is 2.31. The zero-order valence-corrected chi connectivity index (χ0v) is 14.9. The quantitative estimate of drug-likeness (QED) is 0.645. The number of alkyl halides is 3. The Balaban J connectivity index is 1.78. The van der Waals surface area contributed by atoms with Crippen molar-refractivity contribution in [3.63, 3.8) is 0 Å². The fourth-order valence-corrected chi connectivity index (χ4v) is 3.06.